The van der Waals surface area contributed by atoms with Gasteiger partial charge in [0.15, 0.2) is 0 Å². The molecule has 0 spiro atoms. The van der Waals surface area contributed by atoms with Gasteiger partial charge in [0.25, 0.3) is 0 Å². The van der Waals surface area contributed by atoms with Gasteiger partial charge in [-0.2, -0.15) is 0 Å². The number of nitrogens with zero attached hydrogens (tertiary/aromatic N) is 1. The van der Waals surface area contributed by atoms with Gasteiger partial charge in [-0.3, -0.25) is 4.99 Å². The van der Waals surface area contributed by atoms with Gasteiger partial charge in [-0.1, -0.05) is 69.5 Å². The molecular formula is C23H19BrCl2N2. The van der Waals surface area contributed by atoms with E-state index in [2.05, 4.69) is 62.6 Å². The van der Waals surface area contributed by atoms with Gasteiger partial charge in [-0.15, -0.1) is 0 Å². The van der Waals surface area contributed by atoms with E-state index in [1.807, 2.05) is 24.3 Å². The van der Waals surface area contributed by atoms with Crippen molar-refractivity contribution in [2.75, 3.05) is 13.1 Å². The van der Waals surface area contributed by atoms with Gasteiger partial charge in [-0.25, -0.2) is 0 Å². The summed E-state index contributed by atoms with van der Waals surface area (Å²) in [5.74, 6) is 0.949. The second-order valence-corrected chi connectivity index (χ2v) is 8.49. The van der Waals surface area contributed by atoms with E-state index in [0.717, 1.165) is 63.0 Å². The lowest BCUT2D eigenvalue weighted by atomic mass is 9.93. The van der Waals surface area contributed by atoms with Crippen molar-refractivity contribution in [2.45, 2.75) is 12.8 Å². The van der Waals surface area contributed by atoms with Crippen molar-refractivity contribution in [1.82, 2.24) is 5.32 Å². The predicted octanol–water partition coefficient (Wildman–Crippen LogP) is 6.56. The molecule has 0 atom stereocenters. The summed E-state index contributed by atoms with van der Waals surface area (Å²) < 4.78 is 1.07. The number of aliphatic imine (C=N–C) groups is 1. The zero-order valence-corrected chi connectivity index (χ0v) is 18.3. The Balaban J connectivity index is 1.66. The van der Waals surface area contributed by atoms with Crippen molar-refractivity contribution in [3.63, 3.8) is 0 Å². The lowest BCUT2D eigenvalue weighted by Gasteiger charge is -2.15. The van der Waals surface area contributed by atoms with E-state index in [4.69, 9.17) is 23.2 Å². The monoisotopic (exact) mass is 472 g/mol. The molecule has 2 nitrogen and oxygen atoms in total. The topological polar surface area (TPSA) is 24.4 Å². The van der Waals surface area contributed by atoms with Gasteiger partial charge in [0.2, 0.25) is 0 Å². The zero-order valence-electron chi connectivity index (χ0n) is 15.2. The quantitative estimate of drug-likeness (QED) is 0.445. The molecular weight excluding hydrogens is 455 g/mol. The maximum atomic E-state index is 6.57. The number of nitrogens with one attached hydrogen (secondary N) is 1. The summed E-state index contributed by atoms with van der Waals surface area (Å²) >= 11 is 16.2. The van der Waals surface area contributed by atoms with E-state index in [9.17, 15) is 0 Å². The third kappa shape index (κ3) is 4.27. The second-order valence-electron chi connectivity index (χ2n) is 6.73. The molecule has 0 saturated heterocycles. The summed E-state index contributed by atoms with van der Waals surface area (Å²) in [6.07, 6.45) is 1.72. The molecule has 0 amide bonds. The Labute approximate surface area is 183 Å². The van der Waals surface area contributed by atoms with Crippen molar-refractivity contribution in [3.05, 3.63) is 91.9 Å². The van der Waals surface area contributed by atoms with Crippen LogP contribution in [0.1, 0.15) is 16.7 Å². The molecule has 3 aromatic carbocycles. The molecule has 0 unspecified atom stereocenters. The normalized spacial score (nSPS) is 13.3. The molecule has 0 aliphatic carbocycles. The zero-order chi connectivity index (χ0) is 19.5. The molecule has 1 N–H and O–H groups in total. The highest BCUT2D eigenvalue weighted by Gasteiger charge is 2.16. The van der Waals surface area contributed by atoms with Crippen LogP contribution in [0.4, 0.5) is 0 Å². The van der Waals surface area contributed by atoms with Gasteiger partial charge < -0.3 is 5.32 Å². The third-order valence-electron chi connectivity index (χ3n) is 4.91. The summed E-state index contributed by atoms with van der Waals surface area (Å²) in [5, 5.41) is 4.89. The molecule has 28 heavy (non-hydrogen) atoms. The minimum Gasteiger partial charge on any atom is -0.368 e. The highest BCUT2D eigenvalue weighted by Crippen LogP contribution is 2.30. The molecule has 3 aromatic rings. The van der Waals surface area contributed by atoms with Crippen molar-refractivity contribution < 1.29 is 0 Å². The van der Waals surface area contributed by atoms with Crippen LogP contribution in [0, 0.1) is 0 Å². The van der Waals surface area contributed by atoms with Crippen LogP contribution in [0.25, 0.3) is 11.1 Å². The van der Waals surface area contributed by atoms with E-state index in [1.165, 1.54) is 11.1 Å². The Morgan fingerprint density at radius 3 is 2.50 bits per heavy atom. The Morgan fingerprint density at radius 2 is 1.75 bits per heavy atom. The van der Waals surface area contributed by atoms with Crippen molar-refractivity contribution in [1.29, 1.82) is 0 Å². The second kappa shape index (κ2) is 8.69. The van der Waals surface area contributed by atoms with Crippen LogP contribution in [0.5, 0.6) is 0 Å². The molecule has 0 bridgehead atoms. The molecule has 1 aliphatic heterocycles. The summed E-state index contributed by atoms with van der Waals surface area (Å²) in [4.78, 5) is 4.58. The largest absolute Gasteiger partial charge is 0.368 e. The molecule has 0 fully saturated rings. The number of rotatable bonds is 5. The first kappa shape index (κ1) is 19.5. The average molecular weight is 474 g/mol. The average Bonchev–Trinajstić information content (AvgIpc) is 3.22. The van der Waals surface area contributed by atoms with E-state index in [-0.39, 0.29) is 0 Å². The first-order valence-corrected chi connectivity index (χ1v) is 10.8. The Bertz CT molecular complexity index is 1030. The smallest absolute Gasteiger partial charge is 0.128 e. The minimum atomic E-state index is 0.743. The number of hydrogen-bond donors (Lipinski definition) is 1. The first-order valence-electron chi connectivity index (χ1n) is 9.22. The van der Waals surface area contributed by atoms with Crippen LogP contribution in [0.3, 0.4) is 0 Å². The number of amidine groups is 1. The summed E-state index contributed by atoms with van der Waals surface area (Å²) in [7, 11) is 0. The van der Waals surface area contributed by atoms with E-state index >= 15 is 0 Å². The third-order valence-corrected chi connectivity index (χ3v) is 6.01. The van der Waals surface area contributed by atoms with Crippen LogP contribution in [-0.2, 0) is 12.8 Å². The number of halogens is 3. The molecule has 0 aromatic heterocycles. The number of benzene rings is 3. The van der Waals surface area contributed by atoms with Crippen LogP contribution < -0.4 is 5.32 Å². The van der Waals surface area contributed by atoms with E-state index in [0.29, 0.717) is 0 Å². The van der Waals surface area contributed by atoms with Crippen LogP contribution >= 0.6 is 39.1 Å². The van der Waals surface area contributed by atoms with Gasteiger partial charge in [-0.05, 0) is 65.4 Å². The standard InChI is InChI=1S/C23H19BrCl2N2/c24-17-7-11-19(15-4-8-18(25)9-5-15)16(14-17)6-10-20-21(2-1-3-22(20)26)23-27-12-13-28-23/h1-5,7-9,11,14H,6,10,12-13H2,(H,27,28). The highest BCUT2D eigenvalue weighted by atomic mass is 79.9. The van der Waals surface area contributed by atoms with Gasteiger partial charge in [0.05, 0.1) is 6.54 Å². The van der Waals surface area contributed by atoms with Crippen LogP contribution in [0.15, 0.2) is 70.1 Å². The molecule has 5 heteroatoms. The van der Waals surface area contributed by atoms with E-state index < -0.39 is 0 Å². The summed E-state index contributed by atoms with van der Waals surface area (Å²) in [6, 6.07) is 20.4. The molecule has 1 aliphatic rings. The number of aryl methyl sites for hydroxylation is 1. The Kier molecular flexibility index (Phi) is 6.05. The lowest BCUT2D eigenvalue weighted by molar-refractivity contribution is 0.946. The molecule has 1 heterocycles. The summed E-state index contributed by atoms with van der Waals surface area (Å²) in [5.41, 5.74) is 5.88. The van der Waals surface area contributed by atoms with Crippen molar-refractivity contribution in [3.8, 4) is 11.1 Å². The fourth-order valence-electron chi connectivity index (χ4n) is 3.55. The molecule has 0 saturated carbocycles. The van der Waals surface area contributed by atoms with Crippen molar-refractivity contribution >= 4 is 45.0 Å². The van der Waals surface area contributed by atoms with Gasteiger partial charge >= 0.3 is 0 Å². The van der Waals surface area contributed by atoms with Crippen LogP contribution in [0.2, 0.25) is 10.0 Å². The lowest BCUT2D eigenvalue weighted by Crippen LogP contribution is -2.21. The molecule has 4 rings (SSSR count). The minimum absolute atomic E-state index is 0.743. The van der Waals surface area contributed by atoms with Crippen molar-refractivity contribution in [2.24, 2.45) is 4.99 Å². The fourth-order valence-corrected chi connectivity index (χ4v) is 4.36. The molecule has 0 radical (unpaired) electrons. The fraction of sp³-hybridized carbons (Fsp3) is 0.174. The maximum Gasteiger partial charge on any atom is 0.128 e. The SMILES string of the molecule is Clc1ccc(-c2ccc(Br)cc2CCc2c(Cl)cccc2C2=NCCN2)cc1. The Hall–Kier alpha value is -1.81. The molecule has 142 valence electrons. The van der Waals surface area contributed by atoms with Crippen LogP contribution in [-0.4, -0.2) is 18.9 Å². The maximum absolute atomic E-state index is 6.57. The predicted molar refractivity (Wildman–Crippen MR) is 123 cm³/mol. The van der Waals surface area contributed by atoms with Gasteiger partial charge in [0.1, 0.15) is 5.84 Å². The van der Waals surface area contributed by atoms with E-state index in [1.54, 1.807) is 0 Å². The highest BCUT2D eigenvalue weighted by molar-refractivity contribution is 9.10. The Morgan fingerprint density at radius 1 is 0.929 bits per heavy atom. The first-order chi connectivity index (χ1) is 13.6. The van der Waals surface area contributed by atoms with Gasteiger partial charge in [0, 0.05) is 26.6 Å². The summed E-state index contributed by atoms with van der Waals surface area (Å²) in [6.45, 7) is 1.70. The number of hydrogen-bond acceptors (Lipinski definition) is 2.